The number of carbonyl (C=O) groups is 3. The van der Waals surface area contributed by atoms with Crippen molar-refractivity contribution in [3.8, 4) is 17.2 Å². The largest absolute Gasteiger partial charge is 0.493 e. The van der Waals surface area contributed by atoms with Crippen LogP contribution in [0.15, 0.2) is 18.2 Å². The third-order valence-corrected chi connectivity index (χ3v) is 6.04. The molecular weight excluding hydrogens is 573 g/mol. The van der Waals surface area contributed by atoms with Crippen molar-refractivity contribution in [1.82, 2.24) is 15.2 Å². The summed E-state index contributed by atoms with van der Waals surface area (Å²) in [5, 5.41) is 18.3. The van der Waals surface area contributed by atoms with Gasteiger partial charge in [-0.3, -0.25) is 15.0 Å². The van der Waals surface area contributed by atoms with Crippen LogP contribution in [0.25, 0.3) is 0 Å². The van der Waals surface area contributed by atoms with Crippen molar-refractivity contribution >= 4 is 23.5 Å². The van der Waals surface area contributed by atoms with Gasteiger partial charge in [0, 0.05) is 30.3 Å². The fourth-order valence-electron chi connectivity index (χ4n) is 4.11. The Labute approximate surface area is 247 Å². The Morgan fingerprint density at radius 2 is 1.74 bits per heavy atom. The smallest absolute Gasteiger partial charge is 0.490 e. The van der Waals surface area contributed by atoms with E-state index in [2.05, 4.69) is 31.1 Å². The number of carboxylic acid groups (broad SMARTS) is 1. The first-order valence-electron chi connectivity index (χ1n) is 13.3. The minimum atomic E-state index is -5.08. The van der Waals surface area contributed by atoms with Crippen molar-refractivity contribution in [2.45, 2.75) is 65.8 Å². The number of alkyl halides is 3. The lowest BCUT2D eigenvalue weighted by Gasteiger charge is -2.26. The van der Waals surface area contributed by atoms with Crippen LogP contribution in [-0.4, -0.2) is 78.1 Å². The van der Waals surface area contributed by atoms with Gasteiger partial charge >= 0.3 is 12.1 Å². The van der Waals surface area contributed by atoms with Crippen LogP contribution in [0.5, 0.6) is 17.2 Å². The van der Waals surface area contributed by atoms with Crippen LogP contribution in [0.1, 0.15) is 79.2 Å². The van der Waals surface area contributed by atoms with Crippen LogP contribution >= 0.6 is 0 Å². The average molecular weight is 611 g/mol. The van der Waals surface area contributed by atoms with Crippen LogP contribution < -0.4 is 19.5 Å². The molecule has 43 heavy (non-hydrogen) atoms. The molecule has 14 heteroatoms. The monoisotopic (exact) mass is 610 g/mol. The van der Waals surface area contributed by atoms with Gasteiger partial charge in [0.25, 0.3) is 5.91 Å². The molecule has 236 valence electrons. The van der Waals surface area contributed by atoms with E-state index < -0.39 is 18.1 Å². The van der Waals surface area contributed by atoms with E-state index in [1.54, 1.807) is 24.1 Å². The van der Waals surface area contributed by atoms with Gasteiger partial charge in [-0.05, 0) is 44.4 Å². The molecule has 1 aliphatic rings. The molecule has 3 rings (SSSR count). The third kappa shape index (κ3) is 8.58. The van der Waals surface area contributed by atoms with E-state index in [4.69, 9.17) is 29.5 Å². The molecule has 3 N–H and O–H groups in total. The number of amides is 1. The van der Waals surface area contributed by atoms with Crippen molar-refractivity contribution in [1.29, 1.82) is 5.41 Å². The number of hydrogen-bond acceptors (Lipinski definition) is 8. The summed E-state index contributed by atoms with van der Waals surface area (Å²) in [6.07, 6.45) is -5.18. The zero-order chi connectivity index (χ0) is 32.9. The molecular formula is C29H37F3N4O7. The molecule has 0 bridgehead atoms. The highest BCUT2D eigenvalue weighted by Gasteiger charge is 2.38. The van der Waals surface area contributed by atoms with Crippen molar-refractivity contribution in [3.05, 3.63) is 46.3 Å². The predicted molar refractivity (Wildman–Crippen MR) is 152 cm³/mol. The Bertz CT molecular complexity index is 1390. The predicted octanol–water partition coefficient (Wildman–Crippen LogP) is 4.59. The summed E-state index contributed by atoms with van der Waals surface area (Å²) in [4.78, 5) is 40.7. The van der Waals surface area contributed by atoms with E-state index in [9.17, 15) is 22.8 Å². The quantitative estimate of drug-likeness (QED) is 0.346. The summed E-state index contributed by atoms with van der Waals surface area (Å²) in [6, 6.07) is 5.28. The molecule has 0 saturated heterocycles. The average Bonchev–Trinajstić information content (AvgIpc) is 3.20. The number of aromatic nitrogens is 1. The number of fused-ring (bicyclic) bond motifs is 1. The van der Waals surface area contributed by atoms with Crippen LogP contribution in [0.3, 0.4) is 0 Å². The highest BCUT2D eigenvalue weighted by Crippen LogP contribution is 2.40. The third-order valence-electron chi connectivity index (χ3n) is 6.04. The molecule has 11 nitrogen and oxygen atoms in total. The number of ether oxygens (including phenoxy) is 3. The van der Waals surface area contributed by atoms with Crippen LogP contribution in [0.4, 0.5) is 13.2 Å². The van der Waals surface area contributed by atoms with Gasteiger partial charge in [0.2, 0.25) is 0 Å². The van der Waals surface area contributed by atoms with Crippen molar-refractivity contribution in [2.75, 3.05) is 27.3 Å². The second-order valence-electron chi connectivity index (χ2n) is 10.8. The first-order chi connectivity index (χ1) is 19.8. The van der Waals surface area contributed by atoms with Gasteiger partial charge in [0.15, 0.2) is 28.7 Å². The maximum absolute atomic E-state index is 13.5. The Hall–Kier alpha value is -4.36. The van der Waals surface area contributed by atoms with Gasteiger partial charge in [0.05, 0.1) is 26.4 Å². The number of nitrogens with zero attached hydrogens (tertiary/aromatic N) is 2. The van der Waals surface area contributed by atoms with Crippen molar-refractivity contribution < 1.29 is 46.9 Å². The zero-order valence-corrected chi connectivity index (χ0v) is 25.4. The summed E-state index contributed by atoms with van der Waals surface area (Å²) >= 11 is 0. The molecule has 0 unspecified atom stereocenters. The van der Waals surface area contributed by atoms with Gasteiger partial charge in [-0.2, -0.15) is 13.2 Å². The van der Waals surface area contributed by atoms with Crippen LogP contribution in [-0.2, 0) is 16.8 Å². The molecule has 0 fully saturated rings. The number of rotatable bonds is 9. The fourth-order valence-corrected chi connectivity index (χ4v) is 4.11. The Kier molecular flexibility index (Phi) is 11.1. The number of Topliss-reactive ketones (excluding diaryl/α,β-unsaturated/α-hetero) is 1. The number of nitrogens with one attached hydrogen (secondary N) is 2. The SMILES string of the molecule is CCOc1cc2c(nc1C(=O)NC)C(=N)N(CC(=O)c1cc(OC(C)C)c(OC)c(C(C)(C)C)c1)C2.O=C(O)C(F)(F)F. The van der Waals surface area contributed by atoms with Gasteiger partial charge in [-0.15, -0.1) is 0 Å². The van der Waals surface area contributed by atoms with Crippen LogP contribution in [0, 0.1) is 5.41 Å². The number of benzene rings is 1. The zero-order valence-electron chi connectivity index (χ0n) is 25.4. The number of carboxylic acids is 1. The van der Waals surface area contributed by atoms with Crippen molar-refractivity contribution in [3.63, 3.8) is 0 Å². The Morgan fingerprint density at radius 3 is 2.21 bits per heavy atom. The lowest BCUT2D eigenvalue weighted by molar-refractivity contribution is -0.192. The van der Waals surface area contributed by atoms with Gasteiger partial charge in [-0.25, -0.2) is 9.78 Å². The summed E-state index contributed by atoms with van der Waals surface area (Å²) < 4.78 is 49.0. The number of ketones is 1. The molecule has 1 aliphatic heterocycles. The molecule has 1 aromatic carbocycles. The Morgan fingerprint density at radius 1 is 1.14 bits per heavy atom. The number of aliphatic carboxylic acids is 1. The summed E-state index contributed by atoms with van der Waals surface area (Å²) in [5.74, 6) is -1.73. The lowest BCUT2D eigenvalue weighted by Crippen LogP contribution is -2.31. The van der Waals surface area contributed by atoms with Gasteiger partial charge < -0.3 is 29.5 Å². The number of pyridine rings is 1. The van der Waals surface area contributed by atoms with E-state index in [1.807, 2.05) is 26.8 Å². The number of carbonyl (C=O) groups excluding carboxylic acids is 2. The number of amidine groups is 1. The highest BCUT2D eigenvalue weighted by molar-refractivity contribution is 6.05. The molecule has 0 atom stereocenters. The number of methoxy groups -OCH3 is 1. The van der Waals surface area contributed by atoms with E-state index in [0.29, 0.717) is 41.7 Å². The summed E-state index contributed by atoms with van der Waals surface area (Å²) in [5.41, 5.74) is 2.29. The number of hydrogen-bond donors (Lipinski definition) is 3. The second kappa shape index (κ2) is 13.7. The molecule has 0 aliphatic carbocycles. The molecule has 1 aromatic heterocycles. The molecule has 0 spiro atoms. The summed E-state index contributed by atoms with van der Waals surface area (Å²) in [6.45, 7) is 12.5. The fraction of sp³-hybridized carbons (Fsp3) is 0.483. The normalized spacial score (nSPS) is 12.7. The van der Waals surface area contributed by atoms with E-state index in [-0.39, 0.29) is 35.4 Å². The second-order valence-corrected chi connectivity index (χ2v) is 10.8. The highest BCUT2D eigenvalue weighted by atomic mass is 19.4. The topological polar surface area (TPSA) is 151 Å². The van der Waals surface area contributed by atoms with Crippen molar-refractivity contribution in [2.24, 2.45) is 0 Å². The molecule has 2 aromatic rings. The van der Waals surface area contributed by atoms with Gasteiger partial charge in [-0.1, -0.05) is 20.8 Å². The minimum Gasteiger partial charge on any atom is -0.493 e. The summed E-state index contributed by atoms with van der Waals surface area (Å²) in [7, 11) is 3.11. The Balaban J connectivity index is 0.000000821. The standard InChI is InChI=1S/C27H36N4O5.C2HF3O2/c1-9-35-20-12-17-13-31(25(28)22(17)30-23(20)26(33)29-7)14-19(32)16-10-18(27(4,5)6)24(34-8)21(11-16)36-15(2)3;3-2(4,5)1(6)7/h10-12,15,28H,9,13-14H2,1-8H3,(H,29,33);(H,6,7). The van der Waals surface area contributed by atoms with E-state index in [1.165, 1.54) is 7.05 Å². The van der Waals surface area contributed by atoms with E-state index in [0.717, 1.165) is 11.1 Å². The molecule has 0 saturated carbocycles. The lowest BCUT2D eigenvalue weighted by atomic mass is 9.84. The van der Waals surface area contributed by atoms with E-state index >= 15 is 0 Å². The van der Waals surface area contributed by atoms with Crippen LogP contribution in [0.2, 0.25) is 0 Å². The first-order valence-corrected chi connectivity index (χ1v) is 13.3. The molecule has 0 radical (unpaired) electrons. The molecule has 1 amide bonds. The number of halogens is 3. The first kappa shape index (κ1) is 34.8. The maximum atomic E-state index is 13.5. The minimum absolute atomic E-state index is 0.0223. The maximum Gasteiger partial charge on any atom is 0.490 e. The van der Waals surface area contributed by atoms with Gasteiger partial charge in [0.1, 0.15) is 11.5 Å². The molecule has 2 heterocycles.